The zero-order chi connectivity index (χ0) is 22.3. The topological polar surface area (TPSA) is 87.8 Å². The van der Waals surface area contributed by atoms with Crippen molar-refractivity contribution >= 4 is 17.5 Å². The molecular formula is C24H29ClN4O2. The quantitative estimate of drug-likeness (QED) is 0.605. The van der Waals surface area contributed by atoms with Crippen LogP contribution in [0.15, 0.2) is 35.1 Å². The van der Waals surface area contributed by atoms with E-state index in [4.69, 9.17) is 16.6 Å². The van der Waals surface area contributed by atoms with E-state index < -0.39 is 5.54 Å². The van der Waals surface area contributed by atoms with Crippen molar-refractivity contribution in [1.82, 2.24) is 14.9 Å². The summed E-state index contributed by atoms with van der Waals surface area (Å²) in [6, 6.07) is 10.9. The van der Waals surface area contributed by atoms with Crippen LogP contribution in [-0.4, -0.2) is 21.0 Å². The SMILES string of the molecule is CCCCCc1nc(-c2ccc(Cl)cc2)cc(=O)n1CC(=O)NC1(C#N)CCCCC1. The minimum atomic E-state index is -0.821. The lowest BCUT2D eigenvalue weighted by atomic mass is 9.83. The van der Waals surface area contributed by atoms with Gasteiger partial charge in [0, 0.05) is 23.1 Å². The van der Waals surface area contributed by atoms with E-state index in [2.05, 4.69) is 18.3 Å². The molecular weight excluding hydrogens is 412 g/mol. The average molecular weight is 441 g/mol. The Morgan fingerprint density at radius 2 is 1.94 bits per heavy atom. The number of carbonyl (C=O) groups excluding carboxylic acids is 1. The maximum Gasteiger partial charge on any atom is 0.254 e. The second-order valence-electron chi connectivity index (χ2n) is 8.25. The van der Waals surface area contributed by atoms with Gasteiger partial charge in [0.15, 0.2) is 0 Å². The van der Waals surface area contributed by atoms with E-state index in [1.807, 2.05) is 12.1 Å². The van der Waals surface area contributed by atoms with Crippen molar-refractivity contribution in [3.8, 4) is 17.3 Å². The smallest absolute Gasteiger partial charge is 0.254 e. The highest BCUT2D eigenvalue weighted by Crippen LogP contribution is 2.27. The molecule has 0 aliphatic heterocycles. The van der Waals surface area contributed by atoms with Gasteiger partial charge in [0.2, 0.25) is 5.91 Å². The Kier molecular flexibility index (Phi) is 7.86. The highest BCUT2D eigenvalue weighted by molar-refractivity contribution is 6.30. The van der Waals surface area contributed by atoms with Crippen LogP contribution in [0.2, 0.25) is 5.02 Å². The number of benzene rings is 1. The fraction of sp³-hybridized carbons (Fsp3) is 0.500. The van der Waals surface area contributed by atoms with E-state index in [0.717, 1.165) is 44.1 Å². The Bertz CT molecular complexity index is 1000. The number of rotatable bonds is 8. The number of nitriles is 1. The number of aromatic nitrogens is 2. The molecule has 0 bridgehead atoms. The van der Waals surface area contributed by atoms with E-state index in [-0.39, 0.29) is 18.0 Å². The van der Waals surface area contributed by atoms with Gasteiger partial charge in [-0.3, -0.25) is 14.2 Å². The Morgan fingerprint density at radius 1 is 1.23 bits per heavy atom. The van der Waals surface area contributed by atoms with Crippen LogP contribution < -0.4 is 10.9 Å². The predicted octanol–water partition coefficient (Wildman–Crippen LogP) is 4.64. The molecule has 2 aromatic rings. The minimum absolute atomic E-state index is 0.127. The Morgan fingerprint density at radius 3 is 2.58 bits per heavy atom. The number of amides is 1. The lowest BCUT2D eigenvalue weighted by Gasteiger charge is -2.31. The normalized spacial score (nSPS) is 15.3. The predicted molar refractivity (Wildman–Crippen MR) is 122 cm³/mol. The van der Waals surface area contributed by atoms with Crippen LogP contribution in [0.5, 0.6) is 0 Å². The maximum atomic E-state index is 13.0. The second-order valence-corrected chi connectivity index (χ2v) is 8.69. The number of hydrogen-bond donors (Lipinski definition) is 1. The summed E-state index contributed by atoms with van der Waals surface area (Å²) in [4.78, 5) is 30.5. The van der Waals surface area contributed by atoms with E-state index >= 15 is 0 Å². The van der Waals surface area contributed by atoms with Crippen LogP contribution >= 0.6 is 11.6 Å². The molecule has 164 valence electrons. The van der Waals surface area contributed by atoms with Crippen molar-refractivity contribution in [2.45, 2.75) is 76.8 Å². The summed E-state index contributed by atoms with van der Waals surface area (Å²) in [5.41, 5.74) is 0.292. The molecule has 1 amide bonds. The third kappa shape index (κ3) is 5.95. The summed E-state index contributed by atoms with van der Waals surface area (Å²) in [7, 11) is 0. The van der Waals surface area contributed by atoms with Crippen molar-refractivity contribution in [1.29, 1.82) is 5.26 Å². The van der Waals surface area contributed by atoms with E-state index in [1.54, 1.807) is 12.1 Å². The van der Waals surface area contributed by atoms with Gasteiger partial charge in [-0.15, -0.1) is 0 Å². The van der Waals surface area contributed by atoms with Crippen LogP contribution in [0.25, 0.3) is 11.3 Å². The number of hydrogen-bond acceptors (Lipinski definition) is 4. The third-order valence-electron chi connectivity index (χ3n) is 5.83. The summed E-state index contributed by atoms with van der Waals surface area (Å²) >= 11 is 5.98. The molecule has 0 spiro atoms. The Labute approximate surface area is 188 Å². The molecule has 1 saturated carbocycles. The number of aryl methyl sites for hydroxylation is 1. The number of nitrogens with zero attached hydrogens (tertiary/aromatic N) is 3. The Balaban J connectivity index is 1.87. The van der Waals surface area contributed by atoms with Crippen molar-refractivity contribution in [2.24, 2.45) is 0 Å². The second kappa shape index (κ2) is 10.6. The summed E-state index contributed by atoms with van der Waals surface area (Å²) < 4.78 is 1.44. The zero-order valence-corrected chi connectivity index (χ0v) is 18.7. The summed E-state index contributed by atoms with van der Waals surface area (Å²) in [6.07, 6.45) is 7.80. The average Bonchev–Trinajstić information content (AvgIpc) is 2.77. The van der Waals surface area contributed by atoms with Gasteiger partial charge in [0.1, 0.15) is 17.9 Å². The standard InChI is InChI=1S/C24H29ClN4O2/c1-2-3-5-8-21-27-20(18-9-11-19(25)12-10-18)15-23(31)29(21)16-22(30)28-24(17-26)13-6-4-7-14-24/h9-12,15H,2-8,13-14,16H2,1H3,(H,28,30). The molecule has 1 N–H and O–H groups in total. The van der Waals surface area contributed by atoms with Gasteiger partial charge in [-0.25, -0.2) is 4.98 Å². The lowest BCUT2D eigenvalue weighted by molar-refractivity contribution is -0.123. The molecule has 1 aliphatic rings. The molecule has 0 saturated heterocycles. The first kappa shape index (κ1) is 23.0. The van der Waals surface area contributed by atoms with E-state index in [9.17, 15) is 14.9 Å². The van der Waals surface area contributed by atoms with Gasteiger partial charge in [-0.2, -0.15) is 5.26 Å². The van der Waals surface area contributed by atoms with Gasteiger partial charge >= 0.3 is 0 Å². The molecule has 1 aromatic carbocycles. The maximum absolute atomic E-state index is 13.0. The van der Waals surface area contributed by atoms with Gasteiger partial charge in [-0.05, 0) is 31.4 Å². The molecule has 3 rings (SSSR count). The first-order valence-corrected chi connectivity index (χ1v) is 11.4. The van der Waals surface area contributed by atoms with Crippen LogP contribution in [0.3, 0.4) is 0 Å². The molecule has 1 aromatic heterocycles. The molecule has 6 nitrogen and oxygen atoms in total. The number of carbonyl (C=O) groups is 1. The zero-order valence-electron chi connectivity index (χ0n) is 18.0. The van der Waals surface area contributed by atoms with Crippen molar-refractivity contribution in [3.05, 3.63) is 51.5 Å². The van der Waals surface area contributed by atoms with E-state index in [0.29, 0.717) is 35.8 Å². The molecule has 1 heterocycles. The minimum Gasteiger partial charge on any atom is -0.336 e. The van der Waals surface area contributed by atoms with Crippen molar-refractivity contribution in [2.75, 3.05) is 0 Å². The highest BCUT2D eigenvalue weighted by Gasteiger charge is 2.33. The lowest BCUT2D eigenvalue weighted by Crippen LogP contribution is -2.50. The monoisotopic (exact) mass is 440 g/mol. The highest BCUT2D eigenvalue weighted by atomic mass is 35.5. The number of halogens is 1. The van der Waals surface area contributed by atoms with Crippen LogP contribution in [-0.2, 0) is 17.8 Å². The molecule has 1 fully saturated rings. The first-order chi connectivity index (χ1) is 15.0. The van der Waals surface area contributed by atoms with Gasteiger partial charge in [-0.1, -0.05) is 62.8 Å². The summed E-state index contributed by atoms with van der Waals surface area (Å²) in [5, 5.41) is 13.2. The van der Waals surface area contributed by atoms with Crippen LogP contribution in [0, 0.1) is 11.3 Å². The third-order valence-corrected chi connectivity index (χ3v) is 6.08. The molecule has 0 radical (unpaired) electrons. The Hall–Kier alpha value is -2.65. The largest absolute Gasteiger partial charge is 0.336 e. The fourth-order valence-electron chi connectivity index (χ4n) is 4.09. The number of nitrogens with one attached hydrogen (secondary N) is 1. The summed E-state index contributed by atoms with van der Waals surface area (Å²) in [6.45, 7) is 1.99. The fourth-order valence-corrected chi connectivity index (χ4v) is 4.21. The molecule has 0 unspecified atom stereocenters. The molecule has 7 heteroatoms. The van der Waals surface area contributed by atoms with Gasteiger partial charge in [0.05, 0.1) is 11.8 Å². The first-order valence-electron chi connectivity index (χ1n) is 11.1. The van der Waals surface area contributed by atoms with Crippen LogP contribution in [0.4, 0.5) is 0 Å². The van der Waals surface area contributed by atoms with E-state index in [1.165, 1.54) is 10.6 Å². The van der Waals surface area contributed by atoms with Crippen molar-refractivity contribution < 1.29 is 4.79 Å². The molecule has 31 heavy (non-hydrogen) atoms. The van der Waals surface area contributed by atoms with Crippen LogP contribution in [0.1, 0.15) is 64.1 Å². The number of unbranched alkanes of at least 4 members (excludes halogenated alkanes) is 2. The van der Waals surface area contributed by atoms with Gasteiger partial charge in [0.25, 0.3) is 5.56 Å². The summed E-state index contributed by atoms with van der Waals surface area (Å²) in [5.74, 6) is 0.277. The van der Waals surface area contributed by atoms with Gasteiger partial charge < -0.3 is 5.32 Å². The molecule has 0 atom stereocenters. The molecule has 1 aliphatic carbocycles. The van der Waals surface area contributed by atoms with Crippen molar-refractivity contribution in [3.63, 3.8) is 0 Å².